The number of aryl methyl sites for hydroxylation is 1. The molecule has 0 spiro atoms. The first-order chi connectivity index (χ1) is 10.1. The summed E-state index contributed by atoms with van der Waals surface area (Å²) in [6.45, 7) is 7.71. The Balaban J connectivity index is 1.88. The molecule has 2 heterocycles. The molecule has 2 aliphatic rings. The highest BCUT2D eigenvalue weighted by molar-refractivity contribution is 5.45. The van der Waals surface area contributed by atoms with E-state index < -0.39 is 0 Å². The van der Waals surface area contributed by atoms with Crippen molar-refractivity contribution >= 4 is 0 Å². The third-order valence-electron chi connectivity index (χ3n) is 5.23. The van der Waals surface area contributed by atoms with E-state index in [9.17, 15) is 0 Å². The second-order valence-corrected chi connectivity index (χ2v) is 6.97. The second-order valence-electron chi connectivity index (χ2n) is 6.97. The third kappa shape index (κ3) is 2.82. The van der Waals surface area contributed by atoms with E-state index in [-0.39, 0.29) is 11.6 Å². The average molecular weight is 288 g/mol. The fourth-order valence-electron chi connectivity index (χ4n) is 3.71. The minimum absolute atomic E-state index is 0.0105. The van der Waals surface area contributed by atoms with Gasteiger partial charge in [0.05, 0.1) is 12.6 Å². The molecule has 1 unspecified atom stereocenters. The molecule has 1 aromatic rings. The predicted molar refractivity (Wildman–Crippen MR) is 86.7 cm³/mol. The van der Waals surface area contributed by atoms with E-state index in [0.29, 0.717) is 0 Å². The van der Waals surface area contributed by atoms with E-state index in [1.165, 1.54) is 30.4 Å². The Kier molecular flexibility index (Phi) is 4.23. The van der Waals surface area contributed by atoms with Crippen LogP contribution in [-0.4, -0.2) is 30.1 Å². The summed E-state index contributed by atoms with van der Waals surface area (Å²) in [7, 11) is 0. The van der Waals surface area contributed by atoms with Crippen LogP contribution in [0, 0.1) is 0 Å². The second kappa shape index (κ2) is 5.98. The van der Waals surface area contributed by atoms with Crippen molar-refractivity contribution < 1.29 is 4.74 Å². The van der Waals surface area contributed by atoms with Crippen molar-refractivity contribution in [2.75, 3.05) is 19.7 Å². The van der Waals surface area contributed by atoms with Gasteiger partial charge in [0, 0.05) is 11.1 Å². The number of nitrogens with two attached hydrogens (primary N) is 1. The lowest BCUT2D eigenvalue weighted by atomic mass is 9.84. The van der Waals surface area contributed by atoms with E-state index in [1.807, 2.05) is 0 Å². The van der Waals surface area contributed by atoms with Crippen molar-refractivity contribution in [3.8, 4) is 5.75 Å². The van der Waals surface area contributed by atoms with Crippen LogP contribution in [0.5, 0.6) is 5.75 Å². The number of ether oxygens (including phenoxy) is 1. The van der Waals surface area contributed by atoms with Crippen LogP contribution >= 0.6 is 0 Å². The summed E-state index contributed by atoms with van der Waals surface area (Å²) in [5.41, 5.74) is 9.18. The third-order valence-corrected chi connectivity index (χ3v) is 5.23. The summed E-state index contributed by atoms with van der Waals surface area (Å²) >= 11 is 0. The number of nitrogens with zero attached hydrogens (tertiary/aromatic N) is 1. The van der Waals surface area contributed by atoms with Crippen LogP contribution in [0.3, 0.4) is 0 Å². The summed E-state index contributed by atoms with van der Waals surface area (Å²) in [5.74, 6) is 1.06. The van der Waals surface area contributed by atoms with E-state index in [4.69, 9.17) is 10.5 Å². The maximum atomic E-state index is 6.71. The number of rotatable bonds is 3. The maximum absolute atomic E-state index is 6.71. The Hall–Kier alpha value is -1.06. The van der Waals surface area contributed by atoms with Crippen molar-refractivity contribution in [2.45, 2.75) is 57.5 Å². The molecule has 116 valence electrons. The van der Waals surface area contributed by atoms with Gasteiger partial charge in [-0.15, -0.1) is 0 Å². The first-order valence-electron chi connectivity index (χ1n) is 8.36. The highest BCUT2D eigenvalue weighted by atomic mass is 16.5. The molecule has 3 nitrogen and oxygen atoms in total. The standard InChI is InChI=1S/C18H28N2O/c1-18(2,20-11-4-3-5-12-20)17(19)15-10-6-8-14-9-7-13-21-16(14)15/h6,8,10,17H,3-5,7,9,11-13,19H2,1-2H3. The van der Waals surface area contributed by atoms with Crippen molar-refractivity contribution in [1.82, 2.24) is 4.90 Å². The Morgan fingerprint density at radius 1 is 1.14 bits per heavy atom. The first-order valence-corrected chi connectivity index (χ1v) is 8.36. The lowest BCUT2D eigenvalue weighted by molar-refractivity contribution is 0.0718. The Labute approximate surface area is 128 Å². The van der Waals surface area contributed by atoms with Crippen LogP contribution in [0.4, 0.5) is 0 Å². The zero-order valence-electron chi connectivity index (χ0n) is 13.4. The molecular formula is C18H28N2O. The van der Waals surface area contributed by atoms with Gasteiger partial charge in [0.1, 0.15) is 5.75 Å². The van der Waals surface area contributed by atoms with Gasteiger partial charge >= 0.3 is 0 Å². The van der Waals surface area contributed by atoms with Gasteiger partial charge in [0.15, 0.2) is 0 Å². The fourth-order valence-corrected chi connectivity index (χ4v) is 3.71. The lowest BCUT2D eigenvalue weighted by Gasteiger charge is -2.45. The normalized spacial score (nSPS) is 21.5. The minimum atomic E-state index is -0.0314. The van der Waals surface area contributed by atoms with Crippen molar-refractivity contribution in [1.29, 1.82) is 0 Å². The molecule has 0 saturated carbocycles. The van der Waals surface area contributed by atoms with Gasteiger partial charge in [-0.2, -0.15) is 0 Å². The molecule has 21 heavy (non-hydrogen) atoms. The predicted octanol–water partition coefficient (Wildman–Crippen LogP) is 3.28. The Morgan fingerprint density at radius 3 is 2.67 bits per heavy atom. The summed E-state index contributed by atoms with van der Waals surface area (Å²) in [6, 6.07) is 6.46. The van der Waals surface area contributed by atoms with Crippen LogP contribution in [0.25, 0.3) is 0 Å². The molecule has 0 bridgehead atoms. The highest BCUT2D eigenvalue weighted by Gasteiger charge is 2.36. The molecule has 3 rings (SSSR count). The molecular weight excluding hydrogens is 260 g/mol. The zero-order chi connectivity index (χ0) is 14.9. The molecule has 2 N–H and O–H groups in total. The minimum Gasteiger partial charge on any atom is -0.493 e. The van der Waals surface area contributed by atoms with Gasteiger partial charge in [-0.25, -0.2) is 0 Å². The van der Waals surface area contributed by atoms with E-state index in [0.717, 1.165) is 38.3 Å². The SMILES string of the molecule is CC(C)(C(N)c1cccc2c1OCCC2)N1CCCCC1. The van der Waals surface area contributed by atoms with Crippen LogP contribution in [0.1, 0.15) is 56.7 Å². The number of likely N-dealkylation sites (tertiary alicyclic amines) is 1. The maximum Gasteiger partial charge on any atom is 0.127 e. The number of piperidine rings is 1. The smallest absolute Gasteiger partial charge is 0.127 e. The lowest BCUT2D eigenvalue weighted by Crippen LogP contribution is -2.53. The Morgan fingerprint density at radius 2 is 1.90 bits per heavy atom. The van der Waals surface area contributed by atoms with Crippen molar-refractivity contribution in [3.63, 3.8) is 0 Å². The molecule has 1 fully saturated rings. The monoisotopic (exact) mass is 288 g/mol. The molecule has 1 atom stereocenters. The number of fused-ring (bicyclic) bond motifs is 1. The molecule has 1 aromatic carbocycles. The van der Waals surface area contributed by atoms with Crippen LogP contribution < -0.4 is 10.5 Å². The number of hydrogen-bond donors (Lipinski definition) is 1. The molecule has 2 aliphatic heterocycles. The summed E-state index contributed by atoms with van der Waals surface area (Å²) in [4.78, 5) is 2.56. The van der Waals surface area contributed by atoms with Crippen molar-refractivity contribution in [3.05, 3.63) is 29.3 Å². The molecule has 1 saturated heterocycles. The van der Waals surface area contributed by atoms with Crippen LogP contribution in [0.15, 0.2) is 18.2 Å². The largest absolute Gasteiger partial charge is 0.493 e. The topological polar surface area (TPSA) is 38.5 Å². The zero-order valence-corrected chi connectivity index (χ0v) is 13.4. The van der Waals surface area contributed by atoms with Gasteiger partial charge < -0.3 is 10.5 Å². The van der Waals surface area contributed by atoms with Crippen LogP contribution in [-0.2, 0) is 6.42 Å². The van der Waals surface area contributed by atoms with Crippen molar-refractivity contribution in [2.24, 2.45) is 5.73 Å². The summed E-state index contributed by atoms with van der Waals surface area (Å²) < 4.78 is 5.96. The summed E-state index contributed by atoms with van der Waals surface area (Å²) in [5, 5.41) is 0. The number of hydrogen-bond acceptors (Lipinski definition) is 3. The van der Waals surface area contributed by atoms with Crippen LogP contribution in [0.2, 0.25) is 0 Å². The number of para-hydroxylation sites is 1. The fraction of sp³-hybridized carbons (Fsp3) is 0.667. The Bertz CT molecular complexity index is 492. The van der Waals surface area contributed by atoms with E-state index in [2.05, 4.69) is 36.9 Å². The molecule has 0 aromatic heterocycles. The molecule has 0 radical (unpaired) electrons. The molecule has 3 heteroatoms. The van der Waals surface area contributed by atoms with Gasteiger partial charge in [0.25, 0.3) is 0 Å². The quantitative estimate of drug-likeness (QED) is 0.927. The molecule has 0 amide bonds. The van der Waals surface area contributed by atoms with Gasteiger partial charge in [0.2, 0.25) is 0 Å². The highest BCUT2D eigenvalue weighted by Crippen LogP contribution is 2.38. The number of benzene rings is 1. The molecule has 0 aliphatic carbocycles. The van der Waals surface area contributed by atoms with E-state index in [1.54, 1.807) is 0 Å². The average Bonchev–Trinajstić information content (AvgIpc) is 2.54. The van der Waals surface area contributed by atoms with E-state index >= 15 is 0 Å². The van der Waals surface area contributed by atoms with Gasteiger partial charge in [-0.3, -0.25) is 4.90 Å². The first kappa shape index (κ1) is 14.9. The van der Waals surface area contributed by atoms with Gasteiger partial charge in [-0.05, 0) is 58.2 Å². The summed E-state index contributed by atoms with van der Waals surface area (Å²) in [6.07, 6.45) is 6.16. The van der Waals surface area contributed by atoms with Gasteiger partial charge in [-0.1, -0.05) is 24.6 Å².